The highest BCUT2D eigenvalue weighted by Crippen LogP contribution is 2.25. The molecule has 1 N–H and O–H groups in total. The number of ether oxygens (including phenoxy) is 1. The first kappa shape index (κ1) is 10.9. The zero-order chi connectivity index (χ0) is 11.5. The Kier molecular flexibility index (Phi) is 3.15. The molecular formula is C11H13N3O2S. The zero-order valence-corrected chi connectivity index (χ0v) is 10.1. The largest absolute Gasteiger partial charge is 0.410 e. The molecule has 0 radical (unpaired) electrons. The van der Waals surface area contributed by atoms with Crippen LogP contribution in [-0.2, 0) is 4.74 Å². The van der Waals surface area contributed by atoms with Crippen molar-refractivity contribution in [3.63, 3.8) is 0 Å². The van der Waals surface area contributed by atoms with Crippen molar-refractivity contribution in [1.29, 1.82) is 0 Å². The molecule has 6 heteroatoms. The van der Waals surface area contributed by atoms with E-state index in [0.717, 1.165) is 30.9 Å². The van der Waals surface area contributed by atoms with Crippen molar-refractivity contribution in [3.8, 4) is 11.6 Å². The molecule has 0 saturated carbocycles. The summed E-state index contributed by atoms with van der Waals surface area (Å²) in [6.45, 7) is 0.878. The number of aromatic nitrogens is 3. The van der Waals surface area contributed by atoms with Crippen LogP contribution in [0.4, 0.5) is 0 Å². The van der Waals surface area contributed by atoms with E-state index in [-0.39, 0.29) is 0 Å². The van der Waals surface area contributed by atoms with E-state index in [1.54, 1.807) is 11.8 Å². The lowest BCUT2D eigenvalue weighted by Crippen LogP contribution is -2.07. The maximum Gasteiger partial charge on any atom is 0.277 e. The van der Waals surface area contributed by atoms with Crippen molar-refractivity contribution in [3.05, 3.63) is 18.3 Å². The second kappa shape index (κ2) is 4.93. The molecule has 1 fully saturated rings. The Labute approximate surface area is 103 Å². The van der Waals surface area contributed by atoms with E-state index >= 15 is 0 Å². The summed E-state index contributed by atoms with van der Waals surface area (Å²) in [6, 6.07) is 3.81. The Morgan fingerprint density at radius 2 is 2.47 bits per heavy atom. The SMILES string of the molecule is c1c[nH]c(-c2nnc(SCC3CCCO3)o2)c1. The molecule has 0 spiro atoms. The average Bonchev–Trinajstić information content (AvgIpc) is 3.09. The van der Waals surface area contributed by atoms with Crippen molar-refractivity contribution in [2.75, 3.05) is 12.4 Å². The number of hydrogen-bond donors (Lipinski definition) is 1. The van der Waals surface area contributed by atoms with Crippen molar-refractivity contribution in [2.24, 2.45) is 0 Å². The van der Waals surface area contributed by atoms with Gasteiger partial charge in [-0.1, -0.05) is 11.8 Å². The smallest absolute Gasteiger partial charge is 0.277 e. The monoisotopic (exact) mass is 251 g/mol. The summed E-state index contributed by atoms with van der Waals surface area (Å²) in [6.07, 6.45) is 4.45. The van der Waals surface area contributed by atoms with E-state index in [9.17, 15) is 0 Å². The van der Waals surface area contributed by atoms with Gasteiger partial charge in [-0.2, -0.15) is 0 Å². The van der Waals surface area contributed by atoms with E-state index in [4.69, 9.17) is 9.15 Å². The van der Waals surface area contributed by atoms with Gasteiger partial charge in [0.15, 0.2) is 0 Å². The van der Waals surface area contributed by atoms with Gasteiger partial charge in [0, 0.05) is 18.6 Å². The first-order valence-electron chi connectivity index (χ1n) is 5.63. The summed E-state index contributed by atoms with van der Waals surface area (Å²) in [5.41, 5.74) is 0.849. The second-order valence-electron chi connectivity index (χ2n) is 3.90. The predicted molar refractivity (Wildman–Crippen MR) is 63.8 cm³/mol. The van der Waals surface area contributed by atoms with Crippen LogP contribution in [0.15, 0.2) is 28.0 Å². The van der Waals surface area contributed by atoms with E-state index < -0.39 is 0 Å². The molecule has 1 saturated heterocycles. The minimum Gasteiger partial charge on any atom is -0.410 e. The number of H-pyrrole nitrogens is 1. The Balaban J connectivity index is 1.60. The number of thioether (sulfide) groups is 1. The third kappa shape index (κ3) is 2.53. The molecule has 0 bridgehead atoms. The maximum atomic E-state index is 5.54. The van der Waals surface area contributed by atoms with Gasteiger partial charge in [0.05, 0.1) is 6.10 Å². The van der Waals surface area contributed by atoms with Gasteiger partial charge in [0.1, 0.15) is 5.69 Å². The molecule has 3 heterocycles. The highest BCUT2D eigenvalue weighted by molar-refractivity contribution is 7.99. The fourth-order valence-corrected chi connectivity index (χ4v) is 2.61. The molecule has 90 valence electrons. The summed E-state index contributed by atoms with van der Waals surface area (Å²) in [4.78, 5) is 3.03. The van der Waals surface area contributed by atoms with Crippen LogP contribution in [0.25, 0.3) is 11.6 Å². The summed E-state index contributed by atoms with van der Waals surface area (Å²) in [7, 11) is 0. The fraction of sp³-hybridized carbons (Fsp3) is 0.455. The van der Waals surface area contributed by atoms with Crippen molar-refractivity contribution in [1.82, 2.24) is 15.2 Å². The summed E-state index contributed by atoms with van der Waals surface area (Å²) >= 11 is 1.56. The van der Waals surface area contributed by atoms with Crippen molar-refractivity contribution < 1.29 is 9.15 Å². The number of nitrogens with zero attached hydrogens (tertiary/aromatic N) is 2. The van der Waals surface area contributed by atoms with Crippen molar-refractivity contribution in [2.45, 2.75) is 24.2 Å². The number of nitrogens with one attached hydrogen (secondary N) is 1. The van der Waals surface area contributed by atoms with Gasteiger partial charge in [0.2, 0.25) is 0 Å². The highest BCUT2D eigenvalue weighted by Gasteiger charge is 2.17. The van der Waals surface area contributed by atoms with E-state index in [1.165, 1.54) is 0 Å². The van der Waals surface area contributed by atoms with Crippen molar-refractivity contribution >= 4 is 11.8 Å². The topological polar surface area (TPSA) is 63.9 Å². The van der Waals surface area contributed by atoms with Gasteiger partial charge in [-0.05, 0) is 25.0 Å². The molecule has 1 aliphatic rings. The molecule has 0 amide bonds. The maximum absolute atomic E-state index is 5.54. The van der Waals surface area contributed by atoms with E-state index in [2.05, 4.69) is 15.2 Å². The van der Waals surface area contributed by atoms with Crippen LogP contribution in [0.3, 0.4) is 0 Å². The van der Waals surface area contributed by atoms with Crippen LogP contribution in [0.2, 0.25) is 0 Å². The fourth-order valence-electron chi connectivity index (χ4n) is 1.78. The van der Waals surface area contributed by atoms with Crippen LogP contribution >= 0.6 is 11.8 Å². The van der Waals surface area contributed by atoms with Gasteiger partial charge in [-0.15, -0.1) is 10.2 Å². The standard InChI is InChI=1S/C11H13N3O2S/c1-4-9(12-5-1)10-13-14-11(16-10)17-7-8-3-2-6-15-8/h1,4-5,8,12H,2-3,6-7H2. The summed E-state index contributed by atoms with van der Waals surface area (Å²) in [5.74, 6) is 1.41. The predicted octanol–water partition coefficient (Wildman–Crippen LogP) is 2.34. The Morgan fingerprint density at radius 3 is 3.24 bits per heavy atom. The lowest BCUT2D eigenvalue weighted by molar-refractivity contribution is 0.128. The molecule has 1 aliphatic heterocycles. The quantitative estimate of drug-likeness (QED) is 0.845. The molecule has 3 rings (SSSR count). The Hall–Kier alpha value is -1.27. The third-order valence-electron chi connectivity index (χ3n) is 2.65. The molecule has 0 aromatic carbocycles. The molecular weight excluding hydrogens is 238 g/mol. The molecule has 5 nitrogen and oxygen atoms in total. The Bertz CT molecular complexity index is 463. The molecule has 2 aromatic rings. The number of hydrogen-bond acceptors (Lipinski definition) is 5. The highest BCUT2D eigenvalue weighted by atomic mass is 32.2. The Morgan fingerprint density at radius 1 is 1.47 bits per heavy atom. The first-order valence-corrected chi connectivity index (χ1v) is 6.62. The lowest BCUT2D eigenvalue weighted by atomic mass is 10.3. The van der Waals surface area contributed by atoms with Gasteiger partial charge < -0.3 is 14.1 Å². The summed E-state index contributed by atoms with van der Waals surface area (Å²) in [5, 5.41) is 8.60. The second-order valence-corrected chi connectivity index (χ2v) is 4.87. The van der Waals surface area contributed by atoms with Gasteiger partial charge in [-0.3, -0.25) is 0 Å². The van der Waals surface area contributed by atoms with Crippen LogP contribution in [0.1, 0.15) is 12.8 Å². The number of rotatable bonds is 4. The minimum absolute atomic E-state index is 0.334. The molecule has 0 aliphatic carbocycles. The zero-order valence-electron chi connectivity index (χ0n) is 9.26. The third-order valence-corrected chi connectivity index (χ3v) is 3.60. The molecule has 17 heavy (non-hydrogen) atoms. The average molecular weight is 251 g/mol. The summed E-state index contributed by atoms with van der Waals surface area (Å²) < 4.78 is 11.1. The van der Waals surface area contributed by atoms with Crippen LogP contribution < -0.4 is 0 Å². The molecule has 2 aromatic heterocycles. The number of aromatic amines is 1. The van der Waals surface area contributed by atoms with Crippen LogP contribution in [-0.4, -0.2) is 33.6 Å². The lowest BCUT2D eigenvalue weighted by Gasteiger charge is -2.05. The van der Waals surface area contributed by atoms with E-state index in [0.29, 0.717) is 17.2 Å². The van der Waals surface area contributed by atoms with Gasteiger partial charge in [0.25, 0.3) is 11.1 Å². The van der Waals surface area contributed by atoms with Gasteiger partial charge in [-0.25, -0.2) is 0 Å². The van der Waals surface area contributed by atoms with Gasteiger partial charge >= 0.3 is 0 Å². The first-order chi connectivity index (χ1) is 8.42. The normalized spacial score (nSPS) is 19.9. The molecule has 1 atom stereocenters. The van der Waals surface area contributed by atoms with Crippen LogP contribution in [0.5, 0.6) is 0 Å². The van der Waals surface area contributed by atoms with Crippen LogP contribution in [0, 0.1) is 0 Å². The molecule has 1 unspecified atom stereocenters. The van der Waals surface area contributed by atoms with E-state index in [1.807, 2.05) is 18.3 Å². The minimum atomic E-state index is 0.334.